The number of hydrogen-bond donors (Lipinski definition) is 1. The Labute approximate surface area is 112 Å². The molecule has 2 rings (SSSR count). The summed E-state index contributed by atoms with van der Waals surface area (Å²) in [7, 11) is 0. The van der Waals surface area contributed by atoms with Gasteiger partial charge in [-0.2, -0.15) is 0 Å². The van der Waals surface area contributed by atoms with Gasteiger partial charge in [-0.1, -0.05) is 13.8 Å². The van der Waals surface area contributed by atoms with Crippen molar-refractivity contribution in [2.45, 2.75) is 40.3 Å². The smallest absolute Gasteiger partial charge is 0.195 e. The number of aliphatic hydroxyl groups excluding tert-OH is 1. The van der Waals surface area contributed by atoms with Crippen LogP contribution in [0.1, 0.15) is 33.4 Å². The molecule has 0 radical (unpaired) electrons. The number of hydrogen-bond acceptors (Lipinski definition) is 4. The number of aliphatic hydroxyl groups is 1. The van der Waals surface area contributed by atoms with E-state index in [2.05, 4.69) is 37.6 Å². The molecule has 18 heavy (non-hydrogen) atoms. The van der Waals surface area contributed by atoms with Crippen molar-refractivity contribution in [3.05, 3.63) is 17.3 Å². The Bertz CT molecular complexity index is 515. The molecular formula is C13H21N3OS. The minimum Gasteiger partial charge on any atom is -0.390 e. The van der Waals surface area contributed by atoms with E-state index in [1.807, 2.05) is 16.0 Å². The Balaban J connectivity index is 2.45. The minimum absolute atomic E-state index is 0.0224. The molecule has 2 aromatic rings. The number of imidazole rings is 1. The Kier molecular flexibility index (Phi) is 3.92. The maximum absolute atomic E-state index is 9.61. The van der Waals surface area contributed by atoms with E-state index in [4.69, 9.17) is 0 Å². The lowest BCUT2D eigenvalue weighted by Gasteiger charge is -2.29. The second kappa shape index (κ2) is 5.28. The van der Waals surface area contributed by atoms with E-state index < -0.39 is 0 Å². The second-order valence-electron chi connectivity index (χ2n) is 5.24. The van der Waals surface area contributed by atoms with Crippen molar-refractivity contribution in [3.63, 3.8) is 0 Å². The van der Waals surface area contributed by atoms with Crippen LogP contribution in [0.4, 0.5) is 5.82 Å². The molecule has 0 aromatic carbocycles. The summed E-state index contributed by atoms with van der Waals surface area (Å²) in [4.78, 5) is 7.89. The number of rotatable bonds is 5. The molecule has 0 fully saturated rings. The fourth-order valence-corrected chi connectivity index (χ4v) is 2.86. The number of aromatic nitrogens is 2. The summed E-state index contributed by atoms with van der Waals surface area (Å²) in [6, 6.07) is 0.377. The lowest BCUT2D eigenvalue weighted by molar-refractivity contribution is 0.276. The van der Waals surface area contributed by atoms with Gasteiger partial charge in [0.15, 0.2) is 10.8 Å². The Morgan fingerprint density at radius 2 is 2.11 bits per heavy atom. The third-order valence-electron chi connectivity index (χ3n) is 2.95. The zero-order valence-electron chi connectivity index (χ0n) is 11.4. The highest BCUT2D eigenvalue weighted by atomic mass is 32.1. The van der Waals surface area contributed by atoms with Crippen molar-refractivity contribution in [1.29, 1.82) is 0 Å². The maximum atomic E-state index is 9.61. The van der Waals surface area contributed by atoms with Crippen LogP contribution in [0.2, 0.25) is 0 Å². The van der Waals surface area contributed by atoms with E-state index >= 15 is 0 Å². The summed E-state index contributed by atoms with van der Waals surface area (Å²) >= 11 is 1.60. The van der Waals surface area contributed by atoms with Crippen LogP contribution >= 0.6 is 11.3 Å². The van der Waals surface area contributed by atoms with Crippen LogP contribution in [0.15, 0.2) is 11.6 Å². The van der Waals surface area contributed by atoms with Gasteiger partial charge in [0.25, 0.3) is 0 Å². The van der Waals surface area contributed by atoms with Gasteiger partial charge in [-0.25, -0.2) is 4.98 Å². The standard InChI is InChI=1S/C13H21N3OS/c1-9(2)7-16(10(3)4)12-11(8-17)15-5-6-18-13(15)14-12/h5-6,9-10,17H,7-8H2,1-4H3. The highest BCUT2D eigenvalue weighted by Crippen LogP contribution is 2.26. The highest BCUT2D eigenvalue weighted by molar-refractivity contribution is 7.15. The third kappa shape index (κ3) is 2.37. The SMILES string of the molecule is CC(C)CN(c1nc2sccn2c1CO)C(C)C. The predicted molar refractivity (Wildman–Crippen MR) is 76.3 cm³/mol. The molecule has 2 aromatic heterocycles. The lowest BCUT2D eigenvalue weighted by atomic mass is 10.1. The fraction of sp³-hybridized carbons (Fsp3) is 0.615. The van der Waals surface area contributed by atoms with Crippen molar-refractivity contribution in [2.24, 2.45) is 5.92 Å². The Morgan fingerprint density at radius 1 is 1.39 bits per heavy atom. The monoisotopic (exact) mass is 267 g/mol. The molecule has 0 unspecified atom stereocenters. The molecule has 2 heterocycles. The van der Waals surface area contributed by atoms with Crippen molar-refractivity contribution in [3.8, 4) is 0 Å². The molecule has 100 valence electrons. The van der Waals surface area contributed by atoms with E-state index in [1.165, 1.54) is 0 Å². The summed E-state index contributed by atoms with van der Waals surface area (Å²) in [5.41, 5.74) is 0.889. The average molecular weight is 267 g/mol. The van der Waals surface area contributed by atoms with E-state index in [1.54, 1.807) is 11.3 Å². The Hall–Kier alpha value is -1.07. The van der Waals surface area contributed by atoms with Crippen molar-refractivity contribution < 1.29 is 5.11 Å². The van der Waals surface area contributed by atoms with Gasteiger partial charge >= 0.3 is 0 Å². The van der Waals surface area contributed by atoms with Crippen molar-refractivity contribution in [1.82, 2.24) is 9.38 Å². The summed E-state index contributed by atoms with van der Waals surface area (Å²) in [6.45, 7) is 9.71. The van der Waals surface area contributed by atoms with E-state index in [9.17, 15) is 5.11 Å². The first-order valence-electron chi connectivity index (χ1n) is 6.36. The molecule has 4 nitrogen and oxygen atoms in total. The highest BCUT2D eigenvalue weighted by Gasteiger charge is 2.21. The van der Waals surface area contributed by atoms with Crippen LogP contribution < -0.4 is 4.90 Å². The van der Waals surface area contributed by atoms with Gasteiger partial charge in [-0.15, -0.1) is 11.3 Å². The average Bonchev–Trinajstić information content (AvgIpc) is 2.84. The topological polar surface area (TPSA) is 40.8 Å². The van der Waals surface area contributed by atoms with Gasteiger partial charge in [0, 0.05) is 24.2 Å². The van der Waals surface area contributed by atoms with E-state index in [0.717, 1.165) is 23.0 Å². The Morgan fingerprint density at radius 3 is 2.67 bits per heavy atom. The molecule has 0 saturated heterocycles. The molecule has 0 atom stereocenters. The molecule has 0 spiro atoms. The summed E-state index contributed by atoms with van der Waals surface area (Å²) in [5.74, 6) is 1.49. The molecule has 0 aliphatic heterocycles. The number of fused-ring (bicyclic) bond motifs is 1. The molecule has 0 saturated carbocycles. The van der Waals surface area contributed by atoms with Crippen LogP contribution in [-0.2, 0) is 6.61 Å². The van der Waals surface area contributed by atoms with Gasteiger partial charge in [-0.05, 0) is 19.8 Å². The van der Waals surface area contributed by atoms with E-state index in [0.29, 0.717) is 12.0 Å². The van der Waals surface area contributed by atoms with Crippen LogP contribution in [0, 0.1) is 5.92 Å². The van der Waals surface area contributed by atoms with E-state index in [-0.39, 0.29) is 6.61 Å². The van der Waals surface area contributed by atoms with Crippen LogP contribution in [0.3, 0.4) is 0 Å². The van der Waals surface area contributed by atoms with Crippen LogP contribution in [0.5, 0.6) is 0 Å². The van der Waals surface area contributed by atoms with Gasteiger partial charge in [0.2, 0.25) is 0 Å². The molecule has 1 N–H and O–H groups in total. The third-order valence-corrected chi connectivity index (χ3v) is 3.70. The first kappa shape index (κ1) is 13.4. The van der Waals surface area contributed by atoms with Crippen molar-refractivity contribution >= 4 is 22.1 Å². The summed E-state index contributed by atoms with van der Waals surface area (Å²) in [6.07, 6.45) is 1.97. The number of nitrogens with zero attached hydrogens (tertiary/aromatic N) is 3. The number of anilines is 1. The van der Waals surface area contributed by atoms with Gasteiger partial charge in [0.1, 0.15) is 0 Å². The maximum Gasteiger partial charge on any atom is 0.195 e. The molecule has 0 bridgehead atoms. The summed E-state index contributed by atoms with van der Waals surface area (Å²) < 4.78 is 1.98. The number of thiazole rings is 1. The quantitative estimate of drug-likeness (QED) is 0.905. The fourth-order valence-electron chi connectivity index (χ4n) is 2.13. The molecule has 5 heteroatoms. The van der Waals surface area contributed by atoms with Gasteiger partial charge in [0.05, 0.1) is 12.3 Å². The van der Waals surface area contributed by atoms with Crippen LogP contribution in [0.25, 0.3) is 4.96 Å². The zero-order chi connectivity index (χ0) is 13.3. The first-order valence-corrected chi connectivity index (χ1v) is 7.24. The van der Waals surface area contributed by atoms with Gasteiger partial charge < -0.3 is 10.0 Å². The van der Waals surface area contributed by atoms with Crippen molar-refractivity contribution in [2.75, 3.05) is 11.4 Å². The minimum atomic E-state index is 0.0224. The van der Waals surface area contributed by atoms with Gasteiger partial charge in [-0.3, -0.25) is 4.40 Å². The van der Waals surface area contributed by atoms with Crippen LogP contribution in [-0.4, -0.2) is 27.1 Å². The zero-order valence-corrected chi connectivity index (χ0v) is 12.2. The summed E-state index contributed by atoms with van der Waals surface area (Å²) in [5, 5.41) is 11.6. The molecule has 0 aliphatic carbocycles. The molecule has 0 aliphatic rings. The second-order valence-corrected chi connectivity index (χ2v) is 6.11. The molecule has 0 amide bonds. The lowest BCUT2D eigenvalue weighted by Crippen LogP contribution is -2.35. The predicted octanol–water partition coefficient (Wildman–Crippen LogP) is 2.76. The molecular weight excluding hydrogens is 246 g/mol. The largest absolute Gasteiger partial charge is 0.390 e. The first-order chi connectivity index (χ1) is 8.54. The normalized spacial score (nSPS) is 11.9.